The van der Waals surface area contributed by atoms with E-state index in [9.17, 15) is 0 Å². The molecule has 0 heterocycles. The third-order valence-electron chi connectivity index (χ3n) is 3.09. The quantitative estimate of drug-likeness (QED) is 0.363. The summed E-state index contributed by atoms with van der Waals surface area (Å²) in [6, 6.07) is 0.534. The Kier molecular flexibility index (Phi) is 6.24. The fourth-order valence-electron chi connectivity index (χ4n) is 2.32. The molecule has 1 aliphatic rings. The lowest BCUT2D eigenvalue weighted by molar-refractivity contribution is 0.0597. The molecule has 0 aromatic heterocycles. The molecule has 0 spiro atoms. The molecule has 1 aliphatic carbocycles. The highest BCUT2D eigenvalue weighted by Gasteiger charge is 2.33. The van der Waals surface area contributed by atoms with Gasteiger partial charge in [0.2, 0.25) is 5.90 Å². The molecule has 0 aromatic carbocycles. The van der Waals surface area contributed by atoms with E-state index in [0.29, 0.717) is 17.7 Å². The molecule has 0 bridgehead atoms. The van der Waals surface area contributed by atoms with Crippen molar-refractivity contribution in [1.29, 1.82) is 0 Å². The van der Waals surface area contributed by atoms with Gasteiger partial charge in [-0.1, -0.05) is 6.58 Å². The van der Waals surface area contributed by atoms with Crippen molar-refractivity contribution in [2.24, 2.45) is 4.99 Å². The Hall–Kier alpha value is -1.29. The van der Waals surface area contributed by atoms with E-state index in [0.717, 1.165) is 12.8 Å². The Morgan fingerprint density at radius 3 is 2.18 bits per heavy atom. The SMILES string of the molecule is C=C(/C=C\C(=N/C)O[C@H]1C[C@@H](NC(C)(C)C)C1)OC(C)(C)C. The number of hydrogen-bond acceptors (Lipinski definition) is 4. The average molecular weight is 308 g/mol. The van der Waals surface area contributed by atoms with Gasteiger partial charge in [0.25, 0.3) is 0 Å². The zero-order valence-corrected chi connectivity index (χ0v) is 15.2. The zero-order valence-electron chi connectivity index (χ0n) is 15.2. The number of nitrogens with one attached hydrogen (secondary N) is 1. The second-order valence-electron chi connectivity index (χ2n) is 7.88. The maximum absolute atomic E-state index is 5.89. The maximum Gasteiger partial charge on any atom is 0.208 e. The Labute approximate surface area is 135 Å². The third-order valence-corrected chi connectivity index (χ3v) is 3.09. The number of aliphatic imine (C=N–C) groups is 1. The second-order valence-corrected chi connectivity index (χ2v) is 7.88. The van der Waals surface area contributed by atoms with Crippen molar-refractivity contribution >= 4 is 5.90 Å². The van der Waals surface area contributed by atoms with Crippen molar-refractivity contribution in [1.82, 2.24) is 5.32 Å². The van der Waals surface area contributed by atoms with Crippen LogP contribution in [0.1, 0.15) is 54.4 Å². The van der Waals surface area contributed by atoms with Gasteiger partial charge in [0.05, 0.1) is 0 Å². The van der Waals surface area contributed by atoms with Crippen LogP contribution >= 0.6 is 0 Å². The summed E-state index contributed by atoms with van der Waals surface area (Å²) in [6.07, 6.45) is 5.89. The molecule has 22 heavy (non-hydrogen) atoms. The van der Waals surface area contributed by atoms with Crippen molar-refractivity contribution in [2.75, 3.05) is 7.05 Å². The van der Waals surface area contributed by atoms with E-state index in [-0.39, 0.29) is 17.2 Å². The molecule has 0 atom stereocenters. The summed E-state index contributed by atoms with van der Waals surface area (Å²) in [6.45, 7) is 16.4. The first-order valence-electron chi connectivity index (χ1n) is 7.95. The van der Waals surface area contributed by atoms with Crippen LogP contribution in [0.3, 0.4) is 0 Å². The molecule has 1 rings (SSSR count). The van der Waals surface area contributed by atoms with Gasteiger partial charge in [-0.05, 0) is 60.5 Å². The molecule has 0 aromatic rings. The molecule has 0 amide bonds. The van der Waals surface area contributed by atoms with Crippen LogP contribution in [-0.2, 0) is 9.47 Å². The molecular weight excluding hydrogens is 276 g/mol. The maximum atomic E-state index is 5.89. The Bertz CT molecular complexity index is 433. The predicted octanol–water partition coefficient (Wildman–Crippen LogP) is 3.84. The summed E-state index contributed by atoms with van der Waals surface area (Å²) in [4.78, 5) is 4.17. The van der Waals surface area contributed by atoms with Crippen LogP contribution in [0.5, 0.6) is 0 Å². The highest BCUT2D eigenvalue weighted by molar-refractivity contribution is 5.88. The zero-order chi connectivity index (χ0) is 17.0. The van der Waals surface area contributed by atoms with Gasteiger partial charge in [-0.25, -0.2) is 0 Å². The van der Waals surface area contributed by atoms with E-state index in [1.165, 1.54) is 0 Å². The second kappa shape index (κ2) is 7.32. The predicted molar refractivity (Wildman–Crippen MR) is 93.3 cm³/mol. The standard InChI is InChI=1S/C18H32N2O2/c1-13(22-18(5,6)7)9-10-16(19-8)21-15-11-14(12-15)20-17(2,3)4/h9-10,14-15,20H,1,11-12H2,2-8H3/b10-9-,19-16+/t14-,15+. The number of ether oxygens (including phenoxy) is 2. The smallest absolute Gasteiger partial charge is 0.208 e. The van der Waals surface area contributed by atoms with Gasteiger partial charge < -0.3 is 14.8 Å². The van der Waals surface area contributed by atoms with Crippen LogP contribution in [0, 0.1) is 0 Å². The van der Waals surface area contributed by atoms with Crippen molar-refractivity contribution in [3.8, 4) is 0 Å². The fourth-order valence-corrected chi connectivity index (χ4v) is 2.32. The van der Waals surface area contributed by atoms with Crippen LogP contribution < -0.4 is 5.32 Å². The Morgan fingerprint density at radius 2 is 1.73 bits per heavy atom. The van der Waals surface area contributed by atoms with Gasteiger partial charge in [-0.2, -0.15) is 0 Å². The summed E-state index contributed by atoms with van der Waals surface area (Å²) in [5.41, 5.74) is -0.0924. The highest BCUT2D eigenvalue weighted by Crippen LogP contribution is 2.25. The van der Waals surface area contributed by atoms with E-state index < -0.39 is 0 Å². The van der Waals surface area contributed by atoms with Crippen LogP contribution in [0.25, 0.3) is 0 Å². The lowest BCUT2D eigenvalue weighted by Crippen LogP contribution is -2.52. The molecule has 1 saturated carbocycles. The summed E-state index contributed by atoms with van der Waals surface area (Å²) < 4.78 is 11.5. The normalized spacial score (nSPS) is 23.3. The first-order valence-corrected chi connectivity index (χ1v) is 7.95. The monoisotopic (exact) mass is 308 g/mol. The molecular formula is C18H32N2O2. The number of allylic oxidation sites excluding steroid dienone is 1. The minimum atomic E-state index is -0.244. The van der Waals surface area contributed by atoms with E-state index >= 15 is 0 Å². The summed E-state index contributed by atoms with van der Waals surface area (Å²) >= 11 is 0. The van der Waals surface area contributed by atoms with E-state index in [1.807, 2.05) is 26.8 Å². The lowest BCUT2D eigenvalue weighted by atomic mass is 9.87. The van der Waals surface area contributed by atoms with Crippen LogP contribution in [0.2, 0.25) is 0 Å². The number of rotatable bonds is 5. The third kappa shape index (κ3) is 7.64. The van der Waals surface area contributed by atoms with Gasteiger partial charge in [0, 0.05) is 24.7 Å². The van der Waals surface area contributed by atoms with Crippen LogP contribution in [0.15, 0.2) is 29.5 Å². The lowest BCUT2D eigenvalue weighted by Gasteiger charge is -2.39. The van der Waals surface area contributed by atoms with Gasteiger partial charge >= 0.3 is 0 Å². The molecule has 1 fully saturated rings. The molecule has 1 N–H and O–H groups in total. The average Bonchev–Trinajstić information content (AvgIpc) is 2.26. The fraction of sp³-hybridized carbons (Fsp3) is 0.722. The van der Waals surface area contributed by atoms with Crippen molar-refractivity contribution in [3.63, 3.8) is 0 Å². The van der Waals surface area contributed by atoms with E-state index in [2.05, 4.69) is 37.7 Å². The summed E-state index contributed by atoms with van der Waals surface area (Å²) in [7, 11) is 1.73. The number of nitrogens with zero attached hydrogens (tertiary/aromatic N) is 1. The van der Waals surface area contributed by atoms with E-state index in [1.54, 1.807) is 13.1 Å². The molecule has 4 nitrogen and oxygen atoms in total. The Balaban J connectivity index is 2.38. The molecule has 0 aliphatic heterocycles. The van der Waals surface area contributed by atoms with E-state index in [4.69, 9.17) is 9.47 Å². The van der Waals surface area contributed by atoms with Crippen LogP contribution in [0.4, 0.5) is 0 Å². The summed E-state index contributed by atoms with van der Waals surface area (Å²) in [5, 5.41) is 3.58. The van der Waals surface area contributed by atoms with Crippen molar-refractivity contribution < 1.29 is 9.47 Å². The first kappa shape index (κ1) is 18.8. The van der Waals surface area contributed by atoms with Gasteiger partial charge in [0.15, 0.2) is 0 Å². The van der Waals surface area contributed by atoms with Crippen molar-refractivity contribution in [3.05, 3.63) is 24.5 Å². The van der Waals surface area contributed by atoms with Gasteiger partial charge in [0.1, 0.15) is 17.5 Å². The topological polar surface area (TPSA) is 42.8 Å². The Morgan fingerprint density at radius 1 is 1.14 bits per heavy atom. The molecule has 0 saturated heterocycles. The summed E-state index contributed by atoms with van der Waals surface area (Å²) in [5.74, 6) is 1.23. The molecule has 0 unspecified atom stereocenters. The minimum Gasteiger partial charge on any atom is -0.489 e. The van der Waals surface area contributed by atoms with Crippen molar-refractivity contribution in [2.45, 2.75) is 77.7 Å². The molecule has 4 heteroatoms. The van der Waals surface area contributed by atoms with Gasteiger partial charge in [-0.3, -0.25) is 4.99 Å². The number of hydrogen-bond donors (Lipinski definition) is 1. The largest absolute Gasteiger partial charge is 0.489 e. The van der Waals surface area contributed by atoms with Crippen LogP contribution in [-0.4, -0.2) is 36.2 Å². The first-order chi connectivity index (χ1) is 9.98. The molecule has 0 radical (unpaired) electrons. The minimum absolute atomic E-state index is 0.152. The van der Waals surface area contributed by atoms with Gasteiger partial charge in [-0.15, -0.1) is 0 Å². The molecule has 126 valence electrons. The highest BCUT2D eigenvalue weighted by atomic mass is 16.5.